The third-order valence-corrected chi connectivity index (χ3v) is 7.31. The average Bonchev–Trinajstić information content (AvgIpc) is 3.25. The summed E-state index contributed by atoms with van der Waals surface area (Å²) in [5.41, 5.74) is 1.00. The van der Waals surface area contributed by atoms with Gasteiger partial charge in [-0.3, -0.25) is 9.89 Å². The Hall–Kier alpha value is -2.52. The van der Waals surface area contributed by atoms with Gasteiger partial charge in [0.15, 0.2) is 15.5 Å². The Labute approximate surface area is 153 Å². The maximum Gasteiger partial charge on any atom is 0.274 e. The van der Waals surface area contributed by atoms with E-state index in [0.29, 0.717) is 0 Å². The van der Waals surface area contributed by atoms with Crippen molar-refractivity contribution in [1.29, 1.82) is 0 Å². The molecule has 1 saturated heterocycles. The lowest BCUT2D eigenvalue weighted by atomic mass is 10.2. The van der Waals surface area contributed by atoms with Crippen LogP contribution in [0.5, 0.6) is 0 Å². The van der Waals surface area contributed by atoms with Crippen LogP contribution in [0.15, 0.2) is 52.7 Å². The monoisotopic (exact) mass is 391 g/mol. The fourth-order valence-electron chi connectivity index (χ4n) is 2.77. The molecule has 134 valence electrons. The van der Waals surface area contributed by atoms with Crippen molar-refractivity contribution in [2.45, 2.75) is 10.1 Å². The Bertz CT molecular complexity index is 1040. The minimum Gasteiger partial charge on any atom is -0.334 e. The van der Waals surface area contributed by atoms with Gasteiger partial charge in [0.05, 0.1) is 15.5 Å². The summed E-state index contributed by atoms with van der Waals surface area (Å²) in [6, 6.07) is 10.2. The second-order valence-corrected chi connectivity index (χ2v) is 9.15. The zero-order valence-corrected chi connectivity index (χ0v) is 15.1. The molecule has 9 heteroatoms. The van der Waals surface area contributed by atoms with Crippen LogP contribution in [0, 0.1) is 5.82 Å². The number of likely N-dealkylation sites (tertiary alicyclic amines) is 1. The predicted molar refractivity (Wildman–Crippen MR) is 95.2 cm³/mol. The van der Waals surface area contributed by atoms with Crippen LogP contribution in [-0.4, -0.2) is 47.8 Å². The van der Waals surface area contributed by atoms with E-state index in [4.69, 9.17) is 0 Å². The standard InChI is InChI=1S/C17H14FN3O3S2/c18-11-3-5-12(6-4-11)26(23,24)13-9-21(10-13)17(22)15-8-14(19-20-15)16-2-1-7-25-16/h1-8,13H,9-10H2,(H,19,20). The van der Waals surface area contributed by atoms with Crippen LogP contribution < -0.4 is 0 Å². The van der Waals surface area contributed by atoms with Gasteiger partial charge in [-0.05, 0) is 41.8 Å². The zero-order valence-electron chi connectivity index (χ0n) is 13.4. The van der Waals surface area contributed by atoms with Crippen LogP contribution in [0.3, 0.4) is 0 Å². The Morgan fingerprint density at radius 3 is 2.62 bits per heavy atom. The third kappa shape index (κ3) is 2.93. The third-order valence-electron chi connectivity index (χ3n) is 4.30. The maximum absolute atomic E-state index is 13.0. The lowest BCUT2D eigenvalue weighted by molar-refractivity contribution is 0.0652. The Morgan fingerprint density at radius 1 is 1.23 bits per heavy atom. The molecule has 1 aliphatic heterocycles. The molecule has 1 amide bonds. The lowest BCUT2D eigenvalue weighted by Gasteiger charge is -2.38. The number of hydrogen-bond donors (Lipinski definition) is 1. The largest absolute Gasteiger partial charge is 0.334 e. The zero-order chi connectivity index (χ0) is 18.3. The molecule has 2 aromatic heterocycles. The summed E-state index contributed by atoms with van der Waals surface area (Å²) in [6.45, 7) is 0.194. The molecule has 1 aromatic carbocycles. The molecule has 0 unspecified atom stereocenters. The first kappa shape index (κ1) is 16.9. The van der Waals surface area contributed by atoms with Crippen molar-refractivity contribution in [3.63, 3.8) is 0 Å². The first-order valence-corrected chi connectivity index (χ1v) is 10.3. The van der Waals surface area contributed by atoms with Crippen LogP contribution in [0.25, 0.3) is 10.6 Å². The Balaban J connectivity index is 1.44. The number of nitrogens with one attached hydrogen (secondary N) is 1. The van der Waals surface area contributed by atoms with E-state index in [-0.39, 0.29) is 29.6 Å². The smallest absolute Gasteiger partial charge is 0.274 e. The molecule has 0 bridgehead atoms. The van der Waals surface area contributed by atoms with Crippen molar-refractivity contribution >= 4 is 27.1 Å². The van der Waals surface area contributed by atoms with E-state index in [9.17, 15) is 17.6 Å². The summed E-state index contributed by atoms with van der Waals surface area (Å²) in [7, 11) is -3.58. The molecule has 6 nitrogen and oxygen atoms in total. The van der Waals surface area contributed by atoms with E-state index in [0.717, 1.165) is 22.7 Å². The molecule has 0 saturated carbocycles. The minimum absolute atomic E-state index is 0.0655. The van der Waals surface area contributed by atoms with Crippen LogP contribution in [0.1, 0.15) is 10.5 Å². The molecular formula is C17H14FN3O3S2. The maximum atomic E-state index is 13.0. The number of carbonyl (C=O) groups excluding carboxylic acids is 1. The lowest BCUT2D eigenvalue weighted by Crippen LogP contribution is -2.56. The molecule has 1 fully saturated rings. The van der Waals surface area contributed by atoms with E-state index in [1.807, 2.05) is 17.5 Å². The summed E-state index contributed by atoms with van der Waals surface area (Å²) >= 11 is 1.53. The van der Waals surface area contributed by atoms with E-state index in [1.54, 1.807) is 6.07 Å². The first-order valence-electron chi connectivity index (χ1n) is 7.83. The van der Waals surface area contributed by atoms with Crippen molar-refractivity contribution in [1.82, 2.24) is 15.1 Å². The summed E-state index contributed by atoms with van der Waals surface area (Å²) in [6.07, 6.45) is 0. The molecule has 26 heavy (non-hydrogen) atoms. The van der Waals surface area contributed by atoms with Gasteiger partial charge >= 0.3 is 0 Å². The van der Waals surface area contributed by atoms with Crippen LogP contribution >= 0.6 is 11.3 Å². The van der Waals surface area contributed by atoms with Crippen molar-refractivity contribution in [2.75, 3.05) is 13.1 Å². The highest BCUT2D eigenvalue weighted by Gasteiger charge is 2.41. The molecule has 1 aliphatic rings. The molecule has 0 atom stereocenters. The topological polar surface area (TPSA) is 83.1 Å². The molecular weight excluding hydrogens is 377 g/mol. The number of nitrogens with zero attached hydrogens (tertiary/aromatic N) is 2. The number of halogens is 1. The SMILES string of the molecule is O=C(c1cc(-c2cccs2)[nH]n1)N1CC(S(=O)(=O)c2ccc(F)cc2)C1. The van der Waals surface area contributed by atoms with Gasteiger partial charge in [-0.15, -0.1) is 11.3 Å². The fraction of sp³-hybridized carbons (Fsp3) is 0.176. The summed E-state index contributed by atoms with van der Waals surface area (Å²) in [5.74, 6) is -0.802. The first-order chi connectivity index (χ1) is 12.4. The van der Waals surface area contributed by atoms with E-state index in [1.165, 1.54) is 28.4 Å². The number of rotatable bonds is 4. The highest BCUT2D eigenvalue weighted by molar-refractivity contribution is 7.92. The minimum atomic E-state index is -3.58. The second-order valence-electron chi connectivity index (χ2n) is 5.98. The van der Waals surface area contributed by atoms with Gasteiger partial charge in [0.1, 0.15) is 11.1 Å². The van der Waals surface area contributed by atoms with Crippen molar-refractivity contribution in [3.8, 4) is 10.6 Å². The Kier molecular flexibility index (Phi) is 4.12. The average molecular weight is 391 g/mol. The summed E-state index contributed by atoms with van der Waals surface area (Å²) in [4.78, 5) is 14.9. The number of H-pyrrole nitrogens is 1. The molecule has 0 radical (unpaired) electrons. The van der Waals surface area contributed by atoms with E-state index >= 15 is 0 Å². The van der Waals surface area contributed by atoms with Gasteiger partial charge in [-0.1, -0.05) is 6.07 Å². The summed E-state index contributed by atoms with van der Waals surface area (Å²) < 4.78 is 38.0. The van der Waals surface area contributed by atoms with Gasteiger partial charge in [0, 0.05) is 13.1 Å². The van der Waals surface area contributed by atoms with Crippen molar-refractivity contribution in [2.24, 2.45) is 0 Å². The Morgan fingerprint density at radius 2 is 1.96 bits per heavy atom. The quantitative estimate of drug-likeness (QED) is 0.693. The molecule has 0 spiro atoms. The number of hydrogen-bond acceptors (Lipinski definition) is 5. The highest BCUT2D eigenvalue weighted by Crippen LogP contribution is 2.27. The summed E-state index contributed by atoms with van der Waals surface area (Å²) in [5, 5.41) is 8.09. The number of amides is 1. The number of sulfone groups is 1. The normalized spacial score (nSPS) is 15.0. The molecule has 4 rings (SSSR count). The highest BCUT2D eigenvalue weighted by atomic mass is 32.2. The van der Waals surface area contributed by atoms with Crippen LogP contribution in [-0.2, 0) is 9.84 Å². The van der Waals surface area contributed by atoms with Crippen LogP contribution in [0.2, 0.25) is 0 Å². The number of carbonyl (C=O) groups is 1. The van der Waals surface area contributed by atoms with Gasteiger partial charge < -0.3 is 4.90 Å². The second kappa shape index (κ2) is 6.33. The van der Waals surface area contributed by atoms with Crippen molar-refractivity contribution < 1.29 is 17.6 Å². The van der Waals surface area contributed by atoms with Gasteiger partial charge in [-0.25, -0.2) is 12.8 Å². The van der Waals surface area contributed by atoms with Gasteiger partial charge in [0.25, 0.3) is 5.91 Å². The number of aromatic nitrogens is 2. The predicted octanol–water partition coefficient (Wildman–Crippen LogP) is 2.58. The van der Waals surface area contributed by atoms with Crippen LogP contribution in [0.4, 0.5) is 4.39 Å². The van der Waals surface area contributed by atoms with Gasteiger partial charge in [-0.2, -0.15) is 5.10 Å². The number of aromatic amines is 1. The number of benzene rings is 1. The van der Waals surface area contributed by atoms with E-state index in [2.05, 4.69) is 10.2 Å². The molecule has 3 heterocycles. The van der Waals surface area contributed by atoms with E-state index < -0.39 is 20.9 Å². The fourth-order valence-corrected chi connectivity index (χ4v) is 5.11. The number of thiophene rings is 1. The van der Waals surface area contributed by atoms with Gasteiger partial charge in [0.2, 0.25) is 0 Å². The van der Waals surface area contributed by atoms with Crippen molar-refractivity contribution in [3.05, 3.63) is 59.4 Å². The molecule has 1 N–H and O–H groups in total. The molecule has 3 aromatic rings. The molecule has 0 aliphatic carbocycles.